The second-order valence-electron chi connectivity index (χ2n) is 6.92. The predicted molar refractivity (Wildman–Crippen MR) is 118 cm³/mol. The summed E-state index contributed by atoms with van der Waals surface area (Å²) in [5.74, 6) is 2.11. The molecule has 0 saturated heterocycles. The predicted octanol–water partition coefficient (Wildman–Crippen LogP) is 4.76. The fraction of sp³-hybridized carbons (Fsp3) is 0.125. The number of anilines is 2. The van der Waals surface area contributed by atoms with Crippen LogP contribution in [0.25, 0.3) is 11.4 Å². The first-order chi connectivity index (χ1) is 15.1. The van der Waals surface area contributed by atoms with Gasteiger partial charge in [-0.05, 0) is 24.3 Å². The maximum absolute atomic E-state index is 13.2. The summed E-state index contributed by atoms with van der Waals surface area (Å²) in [4.78, 5) is 23.9. The van der Waals surface area contributed by atoms with Crippen molar-refractivity contribution in [1.82, 2.24) is 14.9 Å². The molecule has 31 heavy (non-hydrogen) atoms. The summed E-state index contributed by atoms with van der Waals surface area (Å²) >= 11 is 0. The molecule has 4 aromatic rings. The SMILES string of the molecule is COc1cccc(Nc2nc(-c3ccccc3)ncc2C(=O)N(C)Cc2ccco2)c1. The smallest absolute Gasteiger partial charge is 0.259 e. The van der Waals surface area contributed by atoms with Crippen LogP contribution in [-0.4, -0.2) is 34.9 Å². The molecule has 2 aromatic heterocycles. The number of aromatic nitrogens is 2. The number of nitrogens with one attached hydrogen (secondary N) is 1. The lowest BCUT2D eigenvalue weighted by Crippen LogP contribution is -2.27. The van der Waals surface area contributed by atoms with E-state index < -0.39 is 0 Å². The van der Waals surface area contributed by atoms with E-state index in [1.165, 1.54) is 0 Å². The zero-order valence-corrected chi connectivity index (χ0v) is 17.3. The Morgan fingerprint density at radius 2 is 1.94 bits per heavy atom. The lowest BCUT2D eigenvalue weighted by Gasteiger charge is -2.18. The first-order valence-electron chi connectivity index (χ1n) is 9.75. The van der Waals surface area contributed by atoms with Gasteiger partial charge in [-0.1, -0.05) is 36.4 Å². The molecule has 0 unspecified atom stereocenters. The average molecular weight is 414 g/mol. The molecule has 0 radical (unpaired) electrons. The summed E-state index contributed by atoms with van der Waals surface area (Å²) < 4.78 is 10.7. The molecule has 0 atom stereocenters. The zero-order chi connectivity index (χ0) is 21.6. The van der Waals surface area contributed by atoms with E-state index in [0.717, 1.165) is 11.3 Å². The highest BCUT2D eigenvalue weighted by atomic mass is 16.5. The zero-order valence-electron chi connectivity index (χ0n) is 17.3. The van der Waals surface area contributed by atoms with Crippen molar-refractivity contribution in [3.05, 3.63) is 90.5 Å². The number of carbonyl (C=O) groups is 1. The summed E-state index contributed by atoms with van der Waals surface area (Å²) in [5, 5.41) is 3.25. The van der Waals surface area contributed by atoms with Gasteiger partial charge in [-0.2, -0.15) is 0 Å². The Hall–Kier alpha value is -4.13. The van der Waals surface area contributed by atoms with Crippen LogP contribution in [0.15, 0.2) is 83.6 Å². The number of hydrogen-bond acceptors (Lipinski definition) is 6. The molecule has 7 nitrogen and oxygen atoms in total. The Morgan fingerprint density at radius 1 is 1.10 bits per heavy atom. The molecule has 1 amide bonds. The normalized spacial score (nSPS) is 10.5. The highest BCUT2D eigenvalue weighted by molar-refractivity contribution is 5.99. The third-order valence-electron chi connectivity index (χ3n) is 4.70. The number of rotatable bonds is 7. The van der Waals surface area contributed by atoms with Gasteiger partial charge < -0.3 is 19.4 Å². The average Bonchev–Trinajstić information content (AvgIpc) is 3.32. The van der Waals surface area contributed by atoms with Crippen LogP contribution >= 0.6 is 0 Å². The summed E-state index contributed by atoms with van der Waals surface area (Å²) in [6.45, 7) is 0.338. The van der Waals surface area contributed by atoms with Crippen LogP contribution in [0.1, 0.15) is 16.1 Å². The maximum atomic E-state index is 13.2. The number of benzene rings is 2. The molecule has 0 bridgehead atoms. The Bertz CT molecular complexity index is 1160. The molecule has 0 saturated carbocycles. The van der Waals surface area contributed by atoms with Crippen LogP contribution in [-0.2, 0) is 6.54 Å². The van der Waals surface area contributed by atoms with Crippen LogP contribution in [0, 0.1) is 0 Å². The molecule has 0 aliphatic carbocycles. The van der Waals surface area contributed by atoms with Crippen LogP contribution in [0.5, 0.6) is 5.75 Å². The van der Waals surface area contributed by atoms with Crippen molar-refractivity contribution in [2.45, 2.75) is 6.54 Å². The van der Waals surface area contributed by atoms with Crippen molar-refractivity contribution in [3.63, 3.8) is 0 Å². The van der Waals surface area contributed by atoms with Crippen molar-refractivity contribution in [1.29, 1.82) is 0 Å². The maximum Gasteiger partial charge on any atom is 0.259 e. The molecule has 4 rings (SSSR count). The van der Waals surface area contributed by atoms with E-state index >= 15 is 0 Å². The number of nitrogens with zero attached hydrogens (tertiary/aromatic N) is 3. The van der Waals surface area contributed by atoms with Gasteiger partial charge in [-0.3, -0.25) is 4.79 Å². The van der Waals surface area contributed by atoms with Gasteiger partial charge in [0.1, 0.15) is 22.9 Å². The fourth-order valence-electron chi connectivity index (χ4n) is 3.11. The fourth-order valence-corrected chi connectivity index (χ4v) is 3.11. The van der Waals surface area contributed by atoms with Crippen molar-refractivity contribution in [2.75, 3.05) is 19.5 Å². The van der Waals surface area contributed by atoms with Gasteiger partial charge in [-0.25, -0.2) is 9.97 Å². The standard InChI is InChI=1S/C24H22N4O3/c1-28(16-20-12-7-13-31-20)24(29)21-15-25-22(17-8-4-3-5-9-17)27-23(21)26-18-10-6-11-19(14-18)30-2/h3-15H,16H2,1-2H3,(H,25,26,27). The third kappa shape index (κ3) is 4.72. The van der Waals surface area contributed by atoms with Gasteiger partial charge in [0.05, 0.1) is 19.9 Å². The molecular weight excluding hydrogens is 392 g/mol. The molecule has 7 heteroatoms. The van der Waals surface area contributed by atoms with Crippen molar-refractivity contribution in [2.24, 2.45) is 0 Å². The van der Waals surface area contributed by atoms with Crippen LogP contribution < -0.4 is 10.1 Å². The summed E-state index contributed by atoms with van der Waals surface area (Å²) in [5.41, 5.74) is 1.97. The number of furan rings is 1. The quantitative estimate of drug-likeness (QED) is 0.470. The minimum absolute atomic E-state index is 0.221. The third-order valence-corrected chi connectivity index (χ3v) is 4.70. The van der Waals surface area contributed by atoms with Gasteiger partial charge >= 0.3 is 0 Å². The highest BCUT2D eigenvalue weighted by Gasteiger charge is 2.20. The minimum atomic E-state index is -0.221. The van der Waals surface area contributed by atoms with Gasteiger partial charge in [-0.15, -0.1) is 0 Å². The summed E-state index contributed by atoms with van der Waals surface area (Å²) in [6, 6.07) is 20.7. The molecule has 2 aromatic carbocycles. The molecule has 2 heterocycles. The minimum Gasteiger partial charge on any atom is -0.497 e. The first-order valence-corrected chi connectivity index (χ1v) is 9.75. The van der Waals surface area contributed by atoms with E-state index in [0.29, 0.717) is 35.3 Å². The van der Waals surface area contributed by atoms with Crippen molar-refractivity contribution in [3.8, 4) is 17.1 Å². The van der Waals surface area contributed by atoms with Crippen LogP contribution in [0.3, 0.4) is 0 Å². The largest absolute Gasteiger partial charge is 0.497 e. The Morgan fingerprint density at radius 3 is 2.68 bits per heavy atom. The number of ether oxygens (including phenoxy) is 1. The van der Waals surface area contributed by atoms with Crippen molar-refractivity contribution < 1.29 is 13.9 Å². The second kappa shape index (κ2) is 9.13. The topological polar surface area (TPSA) is 80.5 Å². The molecule has 0 spiro atoms. The van der Waals surface area contributed by atoms with Gasteiger partial charge in [0.2, 0.25) is 0 Å². The second-order valence-corrected chi connectivity index (χ2v) is 6.92. The Labute approximate surface area is 180 Å². The lowest BCUT2D eigenvalue weighted by molar-refractivity contribution is 0.0775. The van der Waals surface area contributed by atoms with Gasteiger partial charge in [0.25, 0.3) is 5.91 Å². The number of methoxy groups -OCH3 is 1. The summed E-state index contributed by atoms with van der Waals surface area (Å²) in [6.07, 6.45) is 3.14. The molecule has 0 aliphatic rings. The number of carbonyl (C=O) groups excluding carboxylic acids is 1. The first kappa shape index (κ1) is 20.2. The van der Waals surface area contributed by atoms with E-state index in [2.05, 4.69) is 15.3 Å². The molecule has 0 fully saturated rings. The van der Waals surface area contributed by atoms with Crippen LogP contribution in [0.4, 0.5) is 11.5 Å². The van der Waals surface area contributed by atoms with Crippen LogP contribution in [0.2, 0.25) is 0 Å². The lowest BCUT2D eigenvalue weighted by atomic mass is 10.2. The monoisotopic (exact) mass is 414 g/mol. The van der Waals surface area contributed by atoms with E-state index in [4.69, 9.17) is 9.15 Å². The van der Waals surface area contributed by atoms with E-state index in [9.17, 15) is 4.79 Å². The molecular formula is C24H22N4O3. The molecule has 156 valence electrons. The molecule has 1 N–H and O–H groups in total. The number of amides is 1. The van der Waals surface area contributed by atoms with Gasteiger partial charge in [0, 0.05) is 30.6 Å². The van der Waals surface area contributed by atoms with Gasteiger partial charge in [0.15, 0.2) is 5.82 Å². The number of hydrogen-bond donors (Lipinski definition) is 1. The van der Waals surface area contributed by atoms with E-state index in [-0.39, 0.29) is 5.91 Å². The Balaban J connectivity index is 1.69. The Kier molecular flexibility index (Phi) is 5.93. The highest BCUT2D eigenvalue weighted by Crippen LogP contribution is 2.26. The molecule has 0 aliphatic heterocycles. The van der Waals surface area contributed by atoms with Crippen molar-refractivity contribution >= 4 is 17.4 Å². The summed E-state index contributed by atoms with van der Waals surface area (Å²) in [7, 11) is 3.32. The van der Waals surface area contributed by atoms with E-state index in [1.807, 2.05) is 60.7 Å². The van der Waals surface area contributed by atoms with E-state index in [1.54, 1.807) is 37.6 Å².